The number of anilines is 2. The lowest BCUT2D eigenvalue weighted by Gasteiger charge is -2.43. The number of rotatable bonds is 5. The predicted molar refractivity (Wildman–Crippen MR) is 153 cm³/mol. The summed E-state index contributed by atoms with van der Waals surface area (Å²) in [5, 5.41) is 6.54. The van der Waals surface area contributed by atoms with Crippen LogP contribution in [0.3, 0.4) is 0 Å². The van der Waals surface area contributed by atoms with Crippen molar-refractivity contribution in [2.24, 2.45) is 5.92 Å². The second kappa shape index (κ2) is 8.91. The van der Waals surface area contributed by atoms with Crippen molar-refractivity contribution in [1.82, 2.24) is 4.90 Å². The van der Waals surface area contributed by atoms with Crippen LogP contribution in [-0.4, -0.2) is 41.7 Å². The van der Waals surface area contributed by atoms with Gasteiger partial charge in [0, 0.05) is 22.9 Å². The summed E-state index contributed by atoms with van der Waals surface area (Å²) in [5.41, 5.74) is 0.898. The number of Topliss-reactive ketones (excluding diaryl/α,β-unsaturated/α-hetero) is 1. The van der Waals surface area contributed by atoms with E-state index in [-0.39, 0.29) is 23.6 Å². The van der Waals surface area contributed by atoms with Crippen molar-refractivity contribution in [2.75, 3.05) is 23.8 Å². The SMILES string of the molecule is CCCOc1cccc(C(=O)[C@@H]2[C@@H]3CCCN3[C@]3(C(=O)Nc4c(Cl)cc(C)cc43)[C@]23C(=O)Nc2ccccc23)c1. The summed E-state index contributed by atoms with van der Waals surface area (Å²) in [4.78, 5) is 46.1. The number of halogens is 1. The van der Waals surface area contributed by atoms with E-state index in [0.717, 1.165) is 18.4 Å². The van der Waals surface area contributed by atoms with Crippen LogP contribution in [0.2, 0.25) is 5.02 Å². The Hall–Kier alpha value is -3.68. The number of nitrogens with zero attached hydrogens (tertiary/aromatic N) is 1. The number of carbonyl (C=O) groups is 3. The standard InChI is InChI=1S/C32H30ClN3O4/c1-3-14-40-20-9-6-8-19(17-20)28(37)26-25-12-7-13-36(25)32(22-15-18(2)16-23(33)27(22)35-30(32)39)31(26)21-10-4-5-11-24(21)34-29(31)38/h4-6,8-11,15-17,25-26H,3,7,12-14H2,1-2H3,(H,34,38)(H,35,39)/t25-,26-,31-,32+/m0/s1. The minimum atomic E-state index is -1.50. The van der Waals surface area contributed by atoms with E-state index in [1.54, 1.807) is 12.1 Å². The highest BCUT2D eigenvalue weighted by atomic mass is 35.5. The van der Waals surface area contributed by atoms with E-state index in [1.165, 1.54) is 0 Å². The van der Waals surface area contributed by atoms with E-state index in [0.29, 0.717) is 58.4 Å². The zero-order valence-electron chi connectivity index (χ0n) is 22.4. The van der Waals surface area contributed by atoms with Crippen molar-refractivity contribution >= 4 is 40.6 Å². The highest BCUT2D eigenvalue weighted by Crippen LogP contribution is 2.68. The van der Waals surface area contributed by atoms with Gasteiger partial charge in [-0.3, -0.25) is 19.3 Å². The molecule has 4 atom stereocenters. The van der Waals surface area contributed by atoms with Gasteiger partial charge in [-0.2, -0.15) is 0 Å². The molecule has 0 aromatic heterocycles. The molecule has 204 valence electrons. The van der Waals surface area contributed by atoms with Gasteiger partial charge in [0.15, 0.2) is 5.78 Å². The summed E-state index contributed by atoms with van der Waals surface area (Å²) in [5.74, 6) is -1.01. The second-order valence-electron chi connectivity index (χ2n) is 11.3. The van der Waals surface area contributed by atoms with Crippen molar-refractivity contribution in [3.05, 3.63) is 87.9 Å². The maximum Gasteiger partial charge on any atom is 0.251 e. The third-order valence-electron chi connectivity index (χ3n) is 9.18. The number of benzene rings is 3. The topological polar surface area (TPSA) is 87.7 Å². The van der Waals surface area contributed by atoms with Gasteiger partial charge in [-0.25, -0.2) is 0 Å². The molecule has 2 amide bonds. The average Bonchev–Trinajstić information content (AvgIpc) is 3.66. The van der Waals surface area contributed by atoms with Crippen LogP contribution in [0.15, 0.2) is 60.7 Å². The van der Waals surface area contributed by atoms with E-state index in [1.807, 2.05) is 62.4 Å². The van der Waals surface area contributed by atoms with Crippen LogP contribution in [0.1, 0.15) is 53.2 Å². The molecule has 3 aromatic rings. The lowest BCUT2D eigenvalue weighted by Crippen LogP contribution is -2.62. The molecule has 2 fully saturated rings. The Morgan fingerprint density at radius 1 is 1.05 bits per heavy atom. The normalized spacial score (nSPS) is 28.0. The fourth-order valence-electron chi connectivity index (χ4n) is 7.91. The molecule has 2 N–H and O–H groups in total. The first-order valence-corrected chi connectivity index (χ1v) is 14.3. The molecule has 4 heterocycles. The fraction of sp³-hybridized carbons (Fsp3) is 0.344. The Kier molecular flexibility index (Phi) is 5.64. The molecule has 0 aliphatic carbocycles. The number of ether oxygens (including phenoxy) is 1. The van der Waals surface area contributed by atoms with Crippen LogP contribution in [0, 0.1) is 12.8 Å². The smallest absolute Gasteiger partial charge is 0.251 e. The molecule has 4 aliphatic rings. The lowest BCUT2D eigenvalue weighted by atomic mass is 9.57. The molecule has 0 radical (unpaired) electrons. The van der Waals surface area contributed by atoms with E-state index in [2.05, 4.69) is 15.5 Å². The average molecular weight is 556 g/mol. The van der Waals surface area contributed by atoms with Gasteiger partial charge < -0.3 is 15.4 Å². The first kappa shape index (κ1) is 25.3. The first-order valence-electron chi connectivity index (χ1n) is 13.9. The van der Waals surface area contributed by atoms with Crippen LogP contribution in [0.5, 0.6) is 5.75 Å². The molecule has 0 saturated carbocycles. The van der Waals surface area contributed by atoms with Gasteiger partial charge in [0.1, 0.15) is 16.7 Å². The molecule has 7 rings (SSSR count). The summed E-state index contributed by atoms with van der Waals surface area (Å²) < 4.78 is 5.85. The highest BCUT2D eigenvalue weighted by Gasteiger charge is 2.81. The number of carbonyl (C=O) groups excluding carboxylic acids is 3. The maximum absolute atomic E-state index is 14.8. The summed E-state index contributed by atoms with van der Waals surface area (Å²) in [6, 6.07) is 18.1. The number of aryl methyl sites for hydroxylation is 1. The second-order valence-corrected chi connectivity index (χ2v) is 11.7. The molecule has 40 heavy (non-hydrogen) atoms. The quantitative estimate of drug-likeness (QED) is 0.409. The molecule has 2 saturated heterocycles. The Labute approximate surface area is 237 Å². The molecular weight excluding hydrogens is 526 g/mol. The van der Waals surface area contributed by atoms with Gasteiger partial charge >= 0.3 is 0 Å². The van der Waals surface area contributed by atoms with Crippen LogP contribution in [-0.2, 0) is 20.5 Å². The Morgan fingerprint density at radius 2 is 1.88 bits per heavy atom. The number of hydrogen-bond donors (Lipinski definition) is 2. The minimum absolute atomic E-state index is 0.164. The monoisotopic (exact) mass is 555 g/mol. The van der Waals surface area contributed by atoms with Crippen LogP contribution in [0.25, 0.3) is 0 Å². The fourth-order valence-corrected chi connectivity index (χ4v) is 8.23. The van der Waals surface area contributed by atoms with Crippen molar-refractivity contribution in [3.8, 4) is 5.75 Å². The van der Waals surface area contributed by atoms with E-state index < -0.39 is 16.9 Å². The molecule has 0 bridgehead atoms. The number of nitrogens with one attached hydrogen (secondary N) is 2. The van der Waals surface area contributed by atoms with E-state index in [4.69, 9.17) is 16.3 Å². The van der Waals surface area contributed by atoms with Gasteiger partial charge in [-0.15, -0.1) is 0 Å². The van der Waals surface area contributed by atoms with Crippen LogP contribution < -0.4 is 15.4 Å². The van der Waals surface area contributed by atoms with E-state index >= 15 is 0 Å². The third kappa shape index (κ3) is 3.02. The van der Waals surface area contributed by atoms with Crippen molar-refractivity contribution < 1.29 is 19.1 Å². The molecule has 8 heteroatoms. The lowest BCUT2D eigenvalue weighted by molar-refractivity contribution is -0.137. The van der Waals surface area contributed by atoms with Gasteiger partial charge in [-0.05, 0) is 68.1 Å². The zero-order valence-corrected chi connectivity index (χ0v) is 23.2. The van der Waals surface area contributed by atoms with Gasteiger partial charge in [-0.1, -0.05) is 54.9 Å². The van der Waals surface area contributed by atoms with Crippen molar-refractivity contribution in [3.63, 3.8) is 0 Å². The van der Waals surface area contributed by atoms with Crippen LogP contribution in [0.4, 0.5) is 11.4 Å². The Bertz CT molecular complexity index is 1600. The van der Waals surface area contributed by atoms with Crippen molar-refractivity contribution in [2.45, 2.75) is 50.1 Å². The van der Waals surface area contributed by atoms with Gasteiger partial charge in [0.2, 0.25) is 5.91 Å². The Morgan fingerprint density at radius 3 is 2.70 bits per heavy atom. The van der Waals surface area contributed by atoms with Gasteiger partial charge in [0.25, 0.3) is 5.91 Å². The maximum atomic E-state index is 14.8. The summed E-state index contributed by atoms with van der Waals surface area (Å²) in [6.45, 7) is 5.08. The summed E-state index contributed by atoms with van der Waals surface area (Å²) in [7, 11) is 0. The Balaban J connectivity index is 1.53. The predicted octanol–water partition coefficient (Wildman–Crippen LogP) is 5.45. The summed E-state index contributed by atoms with van der Waals surface area (Å²) >= 11 is 6.72. The molecule has 4 aliphatic heterocycles. The van der Waals surface area contributed by atoms with E-state index in [9.17, 15) is 14.4 Å². The third-order valence-corrected chi connectivity index (χ3v) is 9.47. The zero-order chi connectivity index (χ0) is 27.8. The molecule has 2 spiro atoms. The minimum Gasteiger partial charge on any atom is -0.494 e. The van der Waals surface area contributed by atoms with Crippen molar-refractivity contribution in [1.29, 1.82) is 0 Å². The molecule has 7 nitrogen and oxygen atoms in total. The molecular formula is C32H30ClN3O4. The molecule has 0 unspecified atom stereocenters. The largest absolute Gasteiger partial charge is 0.494 e. The first-order chi connectivity index (χ1) is 19.3. The number of para-hydroxylation sites is 1. The molecule has 3 aromatic carbocycles. The number of ketones is 1. The summed E-state index contributed by atoms with van der Waals surface area (Å²) in [6.07, 6.45) is 2.36. The van der Waals surface area contributed by atoms with Crippen LogP contribution >= 0.6 is 11.6 Å². The number of hydrogen-bond acceptors (Lipinski definition) is 5. The highest BCUT2D eigenvalue weighted by molar-refractivity contribution is 6.35. The van der Waals surface area contributed by atoms with Gasteiger partial charge in [0.05, 0.1) is 23.2 Å². The number of amides is 2. The number of fused-ring (bicyclic) bond motifs is 7.